The molecule has 2 fully saturated rings. The Bertz CT molecular complexity index is 993. The first-order chi connectivity index (χ1) is 15.9. The maximum absolute atomic E-state index is 13.1. The fraction of sp³-hybridized carbons (Fsp3) is 0.462. The van der Waals surface area contributed by atoms with E-state index in [1.54, 1.807) is 14.2 Å². The lowest BCUT2D eigenvalue weighted by atomic mass is 9.85. The van der Waals surface area contributed by atoms with Crippen LogP contribution in [0, 0.1) is 0 Å². The average molecular weight is 452 g/mol. The lowest BCUT2D eigenvalue weighted by molar-refractivity contribution is -0.123. The standard InChI is InChI=1S/C26H33N3O4/c1-26-16-22(18-7-6-8-21(15-18)33-3)29(23(26)9-4-5-10-24(30)28-26)17-25(31)27-19-11-13-20(32-2)14-12-19/h6-8,11-15,22-23H,4-5,9-10,16-17H2,1-3H3,(H,27,31)(H,28,30)/t22-,23-,26-/m0/s1. The number of nitrogens with zero attached hydrogens (tertiary/aromatic N) is 1. The minimum Gasteiger partial charge on any atom is -0.497 e. The van der Waals surface area contributed by atoms with E-state index in [-0.39, 0.29) is 30.4 Å². The molecule has 2 amide bonds. The van der Waals surface area contributed by atoms with Gasteiger partial charge in [0.15, 0.2) is 0 Å². The van der Waals surface area contributed by atoms with Crippen molar-refractivity contribution in [3.8, 4) is 11.5 Å². The maximum Gasteiger partial charge on any atom is 0.238 e. The van der Waals surface area contributed by atoms with E-state index in [9.17, 15) is 9.59 Å². The van der Waals surface area contributed by atoms with Crippen LogP contribution in [0.25, 0.3) is 0 Å². The number of fused-ring (bicyclic) bond motifs is 1. The molecule has 0 bridgehead atoms. The van der Waals surface area contributed by atoms with Crippen molar-refractivity contribution in [2.24, 2.45) is 0 Å². The van der Waals surface area contributed by atoms with E-state index < -0.39 is 5.54 Å². The van der Waals surface area contributed by atoms with Crippen LogP contribution in [-0.2, 0) is 9.59 Å². The summed E-state index contributed by atoms with van der Waals surface area (Å²) in [5, 5.41) is 6.30. The van der Waals surface area contributed by atoms with Gasteiger partial charge in [-0.3, -0.25) is 14.5 Å². The Hall–Kier alpha value is -3.06. The van der Waals surface area contributed by atoms with Gasteiger partial charge in [0, 0.05) is 24.2 Å². The lowest BCUT2D eigenvalue weighted by Gasteiger charge is -2.38. The highest BCUT2D eigenvalue weighted by molar-refractivity contribution is 5.92. The van der Waals surface area contributed by atoms with Gasteiger partial charge in [-0.25, -0.2) is 0 Å². The number of ether oxygens (including phenoxy) is 2. The summed E-state index contributed by atoms with van der Waals surface area (Å²) < 4.78 is 10.7. The Balaban J connectivity index is 1.60. The van der Waals surface area contributed by atoms with Crippen molar-refractivity contribution in [2.75, 3.05) is 26.1 Å². The second-order valence-electron chi connectivity index (χ2n) is 9.17. The molecule has 0 saturated carbocycles. The van der Waals surface area contributed by atoms with Crippen LogP contribution in [0.2, 0.25) is 0 Å². The van der Waals surface area contributed by atoms with Gasteiger partial charge in [0.25, 0.3) is 0 Å². The normalized spacial score (nSPS) is 25.4. The Kier molecular flexibility index (Phi) is 6.88. The van der Waals surface area contributed by atoms with Crippen LogP contribution in [0.1, 0.15) is 50.6 Å². The highest BCUT2D eigenvalue weighted by atomic mass is 16.5. The van der Waals surface area contributed by atoms with Gasteiger partial charge in [-0.15, -0.1) is 0 Å². The summed E-state index contributed by atoms with van der Waals surface area (Å²) in [6.45, 7) is 2.36. The summed E-state index contributed by atoms with van der Waals surface area (Å²) in [4.78, 5) is 27.9. The zero-order valence-electron chi connectivity index (χ0n) is 19.6. The number of nitrogens with one attached hydrogen (secondary N) is 2. The monoisotopic (exact) mass is 451 g/mol. The molecule has 0 spiro atoms. The molecule has 0 aromatic heterocycles. The molecule has 2 aliphatic heterocycles. The third-order valence-electron chi connectivity index (χ3n) is 6.89. The summed E-state index contributed by atoms with van der Waals surface area (Å²) in [5.74, 6) is 1.54. The van der Waals surface area contributed by atoms with Crippen LogP contribution in [0.15, 0.2) is 48.5 Å². The molecule has 7 nitrogen and oxygen atoms in total. The third-order valence-corrected chi connectivity index (χ3v) is 6.89. The minimum atomic E-state index is -0.397. The summed E-state index contributed by atoms with van der Waals surface area (Å²) in [5.41, 5.74) is 1.42. The lowest BCUT2D eigenvalue weighted by Crippen LogP contribution is -2.56. The summed E-state index contributed by atoms with van der Waals surface area (Å²) in [6.07, 6.45) is 4.08. The summed E-state index contributed by atoms with van der Waals surface area (Å²) in [7, 11) is 3.27. The first-order valence-electron chi connectivity index (χ1n) is 11.6. The Morgan fingerprint density at radius 1 is 1.12 bits per heavy atom. The molecule has 3 atom stereocenters. The predicted molar refractivity (Wildman–Crippen MR) is 127 cm³/mol. The first-order valence-corrected chi connectivity index (χ1v) is 11.6. The smallest absolute Gasteiger partial charge is 0.238 e. The molecule has 0 radical (unpaired) electrons. The number of amides is 2. The van der Waals surface area contributed by atoms with Gasteiger partial charge in [-0.2, -0.15) is 0 Å². The molecule has 0 unspecified atom stereocenters. The van der Waals surface area contributed by atoms with Crippen molar-refractivity contribution >= 4 is 17.5 Å². The van der Waals surface area contributed by atoms with Gasteiger partial charge >= 0.3 is 0 Å². The van der Waals surface area contributed by atoms with Crippen molar-refractivity contribution in [1.29, 1.82) is 0 Å². The van der Waals surface area contributed by atoms with Crippen LogP contribution in [-0.4, -0.2) is 49.1 Å². The SMILES string of the molecule is COc1ccc(NC(=O)CN2[C@H]3CCCCC(=O)N[C@@]3(C)C[C@H]2c2cccc(OC)c2)cc1. The van der Waals surface area contributed by atoms with E-state index in [1.807, 2.05) is 42.5 Å². The second-order valence-corrected chi connectivity index (χ2v) is 9.17. The Labute approximate surface area is 195 Å². The Morgan fingerprint density at radius 2 is 1.88 bits per heavy atom. The fourth-order valence-corrected chi connectivity index (χ4v) is 5.28. The molecule has 7 heteroatoms. The number of anilines is 1. The molecule has 4 rings (SSSR count). The van der Waals surface area contributed by atoms with Gasteiger partial charge in [-0.1, -0.05) is 18.6 Å². The molecule has 2 N–H and O–H groups in total. The zero-order chi connectivity index (χ0) is 23.4. The highest BCUT2D eigenvalue weighted by Crippen LogP contribution is 2.45. The molecule has 2 aliphatic rings. The van der Waals surface area contributed by atoms with Gasteiger partial charge in [0.05, 0.1) is 26.3 Å². The summed E-state index contributed by atoms with van der Waals surface area (Å²) in [6, 6.07) is 15.4. The molecule has 2 saturated heterocycles. The van der Waals surface area contributed by atoms with Crippen molar-refractivity contribution in [1.82, 2.24) is 10.2 Å². The number of carbonyl (C=O) groups excluding carboxylic acids is 2. The van der Waals surface area contributed by atoms with Crippen LogP contribution in [0.5, 0.6) is 11.5 Å². The van der Waals surface area contributed by atoms with Crippen LogP contribution in [0.3, 0.4) is 0 Å². The maximum atomic E-state index is 13.1. The topological polar surface area (TPSA) is 79.9 Å². The van der Waals surface area contributed by atoms with E-state index in [0.717, 1.165) is 48.4 Å². The molecule has 176 valence electrons. The molecular weight excluding hydrogens is 418 g/mol. The molecule has 0 aliphatic carbocycles. The van der Waals surface area contributed by atoms with E-state index in [4.69, 9.17) is 9.47 Å². The number of hydrogen-bond donors (Lipinski definition) is 2. The molecule has 2 aromatic carbocycles. The van der Waals surface area contributed by atoms with Crippen LogP contribution in [0.4, 0.5) is 5.69 Å². The number of hydrogen-bond acceptors (Lipinski definition) is 5. The number of carbonyl (C=O) groups is 2. The predicted octanol–water partition coefficient (Wildman–Crippen LogP) is 3.91. The van der Waals surface area contributed by atoms with Crippen molar-refractivity contribution < 1.29 is 19.1 Å². The molecule has 33 heavy (non-hydrogen) atoms. The first kappa shape index (κ1) is 23.1. The van der Waals surface area contributed by atoms with Crippen LogP contribution >= 0.6 is 0 Å². The fourth-order valence-electron chi connectivity index (χ4n) is 5.28. The number of likely N-dealkylation sites (tertiary alicyclic amines) is 1. The Morgan fingerprint density at radius 3 is 2.61 bits per heavy atom. The molecule has 2 heterocycles. The quantitative estimate of drug-likeness (QED) is 0.696. The van der Waals surface area contributed by atoms with E-state index >= 15 is 0 Å². The van der Waals surface area contributed by atoms with E-state index in [0.29, 0.717) is 6.42 Å². The average Bonchev–Trinajstić information content (AvgIpc) is 3.06. The highest BCUT2D eigenvalue weighted by Gasteiger charge is 2.51. The van der Waals surface area contributed by atoms with Crippen molar-refractivity contribution in [2.45, 2.75) is 56.7 Å². The van der Waals surface area contributed by atoms with Gasteiger partial charge in [0.2, 0.25) is 11.8 Å². The number of benzene rings is 2. The van der Waals surface area contributed by atoms with Crippen molar-refractivity contribution in [3.05, 3.63) is 54.1 Å². The minimum absolute atomic E-state index is 0.00452. The largest absolute Gasteiger partial charge is 0.497 e. The van der Waals surface area contributed by atoms with Crippen LogP contribution < -0.4 is 20.1 Å². The van der Waals surface area contributed by atoms with E-state index in [2.05, 4.69) is 28.5 Å². The summed E-state index contributed by atoms with van der Waals surface area (Å²) >= 11 is 0. The number of methoxy groups -OCH3 is 2. The van der Waals surface area contributed by atoms with Gasteiger partial charge in [0.1, 0.15) is 11.5 Å². The molecular formula is C26H33N3O4. The number of rotatable bonds is 6. The zero-order valence-corrected chi connectivity index (χ0v) is 19.6. The molecule has 2 aromatic rings. The van der Waals surface area contributed by atoms with E-state index in [1.165, 1.54) is 0 Å². The third kappa shape index (κ3) is 5.14. The van der Waals surface area contributed by atoms with Crippen molar-refractivity contribution in [3.63, 3.8) is 0 Å². The van der Waals surface area contributed by atoms with Gasteiger partial charge < -0.3 is 20.1 Å². The van der Waals surface area contributed by atoms with Gasteiger partial charge in [-0.05, 0) is 68.1 Å². The second kappa shape index (κ2) is 9.83.